The number of hydrogen-bond donors (Lipinski definition) is 3. The Morgan fingerprint density at radius 1 is 1.05 bits per heavy atom. The maximum atomic E-state index is 14.1. The van der Waals surface area contributed by atoms with Crippen molar-refractivity contribution in [3.05, 3.63) is 60.7 Å². The minimum atomic E-state index is -1.70. The van der Waals surface area contributed by atoms with Crippen LogP contribution in [0.15, 0.2) is 43.5 Å². The molecule has 0 radical (unpaired) electrons. The molecule has 4 heterocycles. The minimum absolute atomic E-state index is 0.0257. The van der Waals surface area contributed by atoms with Crippen LogP contribution in [0.4, 0.5) is 14.6 Å². The van der Waals surface area contributed by atoms with Crippen LogP contribution in [0.3, 0.4) is 0 Å². The molecule has 1 saturated heterocycles. The molecule has 3 N–H and O–H groups in total. The topological polar surface area (TPSA) is 161 Å². The molecule has 4 aromatic rings. The lowest BCUT2D eigenvalue weighted by Gasteiger charge is -2.28. The number of nitrogens with zero attached hydrogens (tertiary/aromatic N) is 9. The highest BCUT2D eigenvalue weighted by atomic mass is 32.1. The second kappa shape index (κ2) is 14.7. The van der Waals surface area contributed by atoms with Gasteiger partial charge >= 0.3 is 0 Å². The molecule has 17 heteroatoms. The zero-order valence-corrected chi connectivity index (χ0v) is 25.0. The lowest BCUT2D eigenvalue weighted by molar-refractivity contribution is -0.00856. The molecule has 43 heavy (non-hydrogen) atoms. The number of rotatable bonds is 11. The number of β-amino-alcohol motifs (C(OH)–C–C–N with tert-alkyl or cyclic N) is 1. The summed E-state index contributed by atoms with van der Waals surface area (Å²) in [6.45, 7) is 9.66. The summed E-state index contributed by atoms with van der Waals surface area (Å²) in [5, 5.41) is 32.0. The Bertz CT molecular complexity index is 1340. The first-order valence-corrected chi connectivity index (χ1v) is 14.3. The van der Waals surface area contributed by atoms with Gasteiger partial charge in [-0.2, -0.15) is 14.6 Å². The number of aliphatic hydroxyl groups is 2. The molecular weight excluding hydrogens is 586 g/mol. The van der Waals surface area contributed by atoms with Crippen LogP contribution in [0.5, 0.6) is 5.88 Å². The van der Waals surface area contributed by atoms with Crippen molar-refractivity contribution >= 4 is 17.5 Å². The molecular formula is C26H36F2N10O4S. The number of hydrogen-bond acceptors (Lipinski definition) is 13. The van der Waals surface area contributed by atoms with Crippen molar-refractivity contribution in [1.29, 1.82) is 0 Å². The molecule has 0 unspecified atom stereocenters. The van der Waals surface area contributed by atoms with E-state index in [1.165, 1.54) is 40.7 Å². The molecule has 1 atom stereocenters. The van der Waals surface area contributed by atoms with Crippen molar-refractivity contribution in [1.82, 2.24) is 43.6 Å². The summed E-state index contributed by atoms with van der Waals surface area (Å²) in [6, 6.07) is 3.02. The monoisotopic (exact) mass is 622 g/mol. The number of ether oxygens (including phenoxy) is 2. The maximum absolute atomic E-state index is 14.1. The predicted molar refractivity (Wildman–Crippen MR) is 152 cm³/mol. The van der Waals surface area contributed by atoms with E-state index in [1.807, 2.05) is 0 Å². The third-order valence-corrected chi connectivity index (χ3v) is 6.75. The number of morpholine rings is 1. The van der Waals surface area contributed by atoms with Crippen LogP contribution < -0.4 is 15.0 Å². The predicted octanol–water partition coefficient (Wildman–Crippen LogP) is 1.24. The molecule has 0 aliphatic carbocycles. The highest BCUT2D eigenvalue weighted by molar-refractivity contribution is 6.99. The van der Waals surface area contributed by atoms with Gasteiger partial charge < -0.3 is 29.9 Å². The first-order chi connectivity index (χ1) is 20.5. The third kappa shape index (κ3) is 9.69. The lowest BCUT2D eigenvalue weighted by atomic mass is 9.93. The fraction of sp³-hybridized carbons (Fsp3) is 0.538. The van der Waals surface area contributed by atoms with Crippen LogP contribution in [0.1, 0.15) is 26.3 Å². The molecule has 1 fully saturated rings. The fourth-order valence-corrected chi connectivity index (χ4v) is 4.67. The molecule has 5 rings (SSSR count). The van der Waals surface area contributed by atoms with Gasteiger partial charge in [0.05, 0.1) is 38.0 Å². The van der Waals surface area contributed by atoms with Gasteiger partial charge in [0, 0.05) is 36.8 Å². The van der Waals surface area contributed by atoms with Gasteiger partial charge in [0.2, 0.25) is 5.82 Å². The summed E-state index contributed by atoms with van der Waals surface area (Å²) >= 11 is 1.12. The Kier molecular flexibility index (Phi) is 11.0. The molecule has 0 saturated carbocycles. The van der Waals surface area contributed by atoms with Gasteiger partial charge in [-0.1, -0.05) is 6.07 Å². The molecule has 1 aliphatic rings. The summed E-state index contributed by atoms with van der Waals surface area (Å²) in [5.74, 6) is -0.316. The maximum Gasteiger partial charge on any atom is 0.270 e. The zero-order valence-electron chi connectivity index (χ0n) is 24.2. The second-order valence-electron chi connectivity index (χ2n) is 10.9. The van der Waals surface area contributed by atoms with Crippen molar-refractivity contribution in [3.63, 3.8) is 0 Å². The van der Waals surface area contributed by atoms with Crippen LogP contribution in [-0.2, 0) is 23.4 Å². The van der Waals surface area contributed by atoms with Crippen molar-refractivity contribution < 1.29 is 28.5 Å². The van der Waals surface area contributed by atoms with Crippen molar-refractivity contribution in [2.24, 2.45) is 0 Å². The molecule has 3 aromatic heterocycles. The van der Waals surface area contributed by atoms with Crippen molar-refractivity contribution in [2.45, 2.75) is 51.1 Å². The number of aromatic nitrogens is 8. The summed E-state index contributed by atoms with van der Waals surface area (Å²) in [6.07, 6.45) is 4.82. The molecule has 1 aromatic carbocycles. The lowest BCUT2D eigenvalue weighted by Crippen LogP contribution is -2.42. The van der Waals surface area contributed by atoms with Crippen LogP contribution >= 0.6 is 11.7 Å². The highest BCUT2D eigenvalue weighted by Crippen LogP contribution is 2.28. The van der Waals surface area contributed by atoms with E-state index < -0.39 is 23.3 Å². The van der Waals surface area contributed by atoms with Crippen LogP contribution in [-0.4, -0.2) is 99.6 Å². The van der Waals surface area contributed by atoms with E-state index in [2.05, 4.69) is 59.9 Å². The largest absolute Gasteiger partial charge is 0.472 e. The van der Waals surface area contributed by atoms with E-state index >= 15 is 0 Å². The highest BCUT2D eigenvalue weighted by Gasteiger charge is 2.34. The molecule has 0 bridgehead atoms. The zero-order chi connectivity index (χ0) is 30.9. The van der Waals surface area contributed by atoms with Gasteiger partial charge in [0.1, 0.15) is 55.3 Å². The van der Waals surface area contributed by atoms with E-state index in [1.54, 1.807) is 0 Å². The smallest absolute Gasteiger partial charge is 0.270 e. The SMILES string of the molecule is CC(C)(C)NC[C@H](O)COc1nsnc1N1CCOCC1.OC(Cn1cncn1)(Cn1cncn1)c1ccc(F)cc1F. The van der Waals surface area contributed by atoms with Gasteiger partial charge in [-0.3, -0.25) is 0 Å². The summed E-state index contributed by atoms with van der Waals surface area (Å²) in [7, 11) is 0. The average molecular weight is 623 g/mol. The summed E-state index contributed by atoms with van der Waals surface area (Å²) in [4.78, 5) is 9.67. The standard InChI is InChI=1S/C13H12F2N6O.C13H24N4O3S/c14-10-1-2-11(12(15)3-10)13(22,4-20-8-16-6-18-20)5-21-9-17-7-19-21;1-13(2,3)14-8-10(18)9-20-12-11(15-21-16-12)17-4-6-19-7-5-17/h1-3,6-9,22H,4-5H2;10,14,18H,4-9H2,1-3H3/t;10-/m.0/s1. The Morgan fingerprint density at radius 3 is 2.26 bits per heavy atom. The summed E-state index contributed by atoms with van der Waals surface area (Å²) < 4.78 is 49.3. The Morgan fingerprint density at radius 2 is 1.70 bits per heavy atom. The quantitative estimate of drug-likeness (QED) is 0.220. The van der Waals surface area contributed by atoms with Crippen LogP contribution in [0, 0.1) is 11.6 Å². The first kappa shape index (κ1) is 32.3. The third-order valence-electron chi connectivity index (χ3n) is 6.25. The van der Waals surface area contributed by atoms with Gasteiger partial charge in [-0.15, -0.1) is 4.37 Å². The molecule has 1 aliphatic heterocycles. The van der Waals surface area contributed by atoms with Crippen LogP contribution in [0.2, 0.25) is 0 Å². The van der Waals surface area contributed by atoms with E-state index in [0.29, 0.717) is 25.6 Å². The normalized spacial score (nSPS) is 14.7. The number of anilines is 1. The Balaban J connectivity index is 0.000000197. The number of benzene rings is 1. The van der Waals surface area contributed by atoms with E-state index in [9.17, 15) is 19.0 Å². The van der Waals surface area contributed by atoms with Crippen molar-refractivity contribution in [2.75, 3.05) is 44.4 Å². The molecule has 234 valence electrons. The number of nitrogens with one attached hydrogen (secondary N) is 1. The molecule has 0 spiro atoms. The minimum Gasteiger partial charge on any atom is -0.472 e. The molecule has 0 amide bonds. The van der Waals surface area contributed by atoms with Gasteiger partial charge in [0.15, 0.2) is 0 Å². The van der Waals surface area contributed by atoms with Crippen molar-refractivity contribution in [3.8, 4) is 5.88 Å². The summed E-state index contributed by atoms with van der Waals surface area (Å²) in [5.41, 5.74) is -1.78. The van der Waals surface area contributed by atoms with Gasteiger partial charge in [-0.05, 0) is 26.8 Å². The number of halogens is 2. The second-order valence-corrected chi connectivity index (χ2v) is 11.5. The molecule has 14 nitrogen and oxygen atoms in total. The van der Waals surface area contributed by atoms with Gasteiger partial charge in [-0.25, -0.2) is 28.1 Å². The Labute approximate surface area is 251 Å². The fourth-order valence-electron chi connectivity index (χ4n) is 4.15. The van der Waals surface area contributed by atoms with E-state index in [0.717, 1.165) is 42.8 Å². The number of aliphatic hydroxyl groups excluding tert-OH is 1. The van der Waals surface area contributed by atoms with Gasteiger partial charge in [0.25, 0.3) is 5.88 Å². The average Bonchev–Trinajstić information content (AvgIpc) is 3.75. The van der Waals surface area contributed by atoms with Crippen LogP contribution in [0.25, 0.3) is 0 Å². The Hall–Kier alpha value is -3.64. The van der Waals surface area contributed by atoms with E-state index in [4.69, 9.17) is 9.47 Å². The van der Waals surface area contributed by atoms with E-state index in [-0.39, 0.29) is 30.8 Å². The first-order valence-electron chi connectivity index (χ1n) is 13.6.